The highest BCUT2D eigenvalue weighted by atomic mass is 31.1. The highest BCUT2D eigenvalue weighted by Gasteiger charge is 2.23. The van der Waals surface area contributed by atoms with Gasteiger partial charge in [0, 0.05) is 5.56 Å². The van der Waals surface area contributed by atoms with Crippen LogP contribution in [0.25, 0.3) is 33.5 Å². The number of aryl methyl sites for hydroxylation is 2. The number of hydrogen-bond donors (Lipinski definition) is 1. The molecule has 0 bridgehead atoms. The van der Waals surface area contributed by atoms with Gasteiger partial charge in [-0.1, -0.05) is 48.5 Å². The monoisotopic (exact) mass is 362 g/mol. The minimum atomic E-state index is -0.461. The smallest absolute Gasteiger partial charge is 0.395 e. The molecule has 0 radical (unpaired) electrons. The van der Waals surface area contributed by atoms with Crippen LogP contribution >= 0.6 is 8.69 Å². The number of pyridine rings is 1. The summed E-state index contributed by atoms with van der Waals surface area (Å²) in [5.41, 5.74) is 6.37. The second-order valence-electron chi connectivity index (χ2n) is 5.96. The van der Waals surface area contributed by atoms with Gasteiger partial charge in [-0.05, 0) is 30.5 Å². The van der Waals surface area contributed by atoms with E-state index in [1.165, 1.54) is 0 Å². The van der Waals surface area contributed by atoms with E-state index in [4.69, 9.17) is 9.51 Å². The van der Waals surface area contributed by atoms with Crippen molar-refractivity contribution in [2.45, 2.75) is 13.8 Å². The third-order valence-electron chi connectivity index (χ3n) is 4.37. The van der Waals surface area contributed by atoms with Gasteiger partial charge in [-0.2, -0.15) is 10.3 Å². The van der Waals surface area contributed by atoms with E-state index in [9.17, 15) is 4.57 Å². The van der Waals surface area contributed by atoms with Crippen LogP contribution in [0, 0.1) is 13.8 Å². The number of nitrogens with zero attached hydrogens (tertiary/aromatic N) is 3. The van der Waals surface area contributed by atoms with E-state index in [1.807, 2.05) is 62.4 Å². The summed E-state index contributed by atoms with van der Waals surface area (Å²) in [6, 6.07) is 15.9. The van der Waals surface area contributed by atoms with E-state index in [-0.39, 0.29) is 0 Å². The molecule has 0 fully saturated rings. The van der Waals surface area contributed by atoms with Crippen molar-refractivity contribution >= 4 is 19.9 Å². The largest absolute Gasteiger partial charge is 0.404 e. The van der Waals surface area contributed by atoms with Crippen molar-refractivity contribution in [3.8, 4) is 28.1 Å². The van der Waals surface area contributed by atoms with Crippen molar-refractivity contribution in [2.75, 3.05) is 0 Å². The fraction of sp³-hybridized carbons (Fsp3) is 0.105. The highest BCUT2D eigenvalue weighted by Crippen LogP contribution is 2.44. The summed E-state index contributed by atoms with van der Waals surface area (Å²) in [5.74, 6) is 0.396. The maximum absolute atomic E-state index is 11.3. The van der Waals surface area contributed by atoms with Crippen LogP contribution in [-0.4, -0.2) is 20.4 Å². The Morgan fingerprint density at radius 3 is 2.23 bits per heavy atom. The average molecular weight is 362 g/mol. The molecule has 1 N–H and O–H groups in total. The fourth-order valence-electron chi connectivity index (χ4n) is 3.11. The van der Waals surface area contributed by atoms with E-state index in [0.717, 1.165) is 33.5 Å². The molecule has 2 aromatic carbocycles. The van der Waals surface area contributed by atoms with Crippen LogP contribution < -0.4 is 4.52 Å². The second-order valence-corrected chi connectivity index (χ2v) is 6.29. The zero-order chi connectivity index (χ0) is 18.1. The van der Waals surface area contributed by atoms with E-state index in [1.54, 1.807) is 0 Å². The molecular formula is C19H15N4O2P. The SMILES string of the molecule is Cc1ccccc1-c1nc2n[nH]nc2c(OP=O)c1-c1ccccc1C. The Balaban J connectivity index is 2.17. The maximum Gasteiger partial charge on any atom is 0.395 e. The summed E-state index contributed by atoms with van der Waals surface area (Å²) >= 11 is 0. The Labute approximate surface area is 151 Å². The lowest BCUT2D eigenvalue weighted by Gasteiger charge is -2.16. The van der Waals surface area contributed by atoms with Gasteiger partial charge >= 0.3 is 8.69 Å². The molecule has 0 unspecified atom stereocenters. The van der Waals surface area contributed by atoms with Gasteiger partial charge in [-0.15, -0.1) is 5.10 Å². The van der Waals surface area contributed by atoms with Gasteiger partial charge in [0.2, 0.25) is 5.65 Å². The minimum absolute atomic E-state index is 0.396. The molecule has 0 spiro atoms. The molecular weight excluding hydrogens is 347 g/mol. The summed E-state index contributed by atoms with van der Waals surface area (Å²) in [6.45, 7) is 4.04. The van der Waals surface area contributed by atoms with Gasteiger partial charge in [-0.3, -0.25) is 0 Å². The summed E-state index contributed by atoms with van der Waals surface area (Å²) < 4.78 is 16.8. The van der Waals surface area contributed by atoms with E-state index >= 15 is 0 Å². The lowest BCUT2D eigenvalue weighted by Crippen LogP contribution is -1.97. The second kappa shape index (κ2) is 6.65. The highest BCUT2D eigenvalue weighted by molar-refractivity contribution is 7.17. The van der Waals surface area contributed by atoms with Gasteiger partial charge in [0.25, 0.3) is 0 Å². The fourth-order valence-corrected chi connectivity index (χ4v) is 3.36. The van der Waals surface area contributed by atoms with E-state index < -0.39 is 8.69 Å². The number of benzene rings is 2. The molecule has 0 aliphatic heterocycles. The van der Waals surface area contributed by atoms with Crippen molar-refractivity contribution < 1.29 is 9.09 Å². The molecule has 0 atom stereocenters. The zero-order valence-corrected chi connectivity index (χ0v) is 15.1. The van der Waals surface area contributed by atoms with Crippen LogP contribution in [0.4, 0.5) is 0 Å². The third-order valence-corrected chi connectivity index (χ3v) is 4.63. The van der Waals surface area contributed by atoms with E-state index in [0.29, 0.717) is 16.9 Å². The quantitative estimate of drug-likeness (QED) is 0.523. The Morgan fingerprint density at radius 1 is 0.923 bits per heavy atom. The first-order valence-electron chi connectivity index (χ1n) is 8.07. The molecule has 0 aliphatic carbocycles. The molecule has 7 heteroatoms. The molecule has 4 rings (SSSR count). The lowest BCUT2D eigenvalue weighted by atomic mass is 9.93. The summed E-state index contributed by atoms with van der Waals surface area (Å²) in [4.78, 5) is 4.74. The Bertz CT molecular complexity index is 1120. The molecule has 0 saturated carbocycles. The summed E-state index contributed by atoms with van der Waals surface area (Å²) in [5, 5.41) is 10.8. The van der Waals surface area contributed by atoms with E-state index in [2.05, 4.69) is 15.4 Å². The number of nitrogens with one attached hydrogen (secondary N) is 1. The van der Waals surface area contributed by atoms with Crippen molar-refractivity contribution in [2.24, 2.45) is 0 Å². The van der Waals surface area contributed by atoms with Gasteiger partial charge in [0.1, 0.15) is 0 Å². The number of aromatic nitrogens is 4. The summed E-state index contributed by atoms with van der Waals surface area (Å²) in [6.07, 6.45) is 0. The number of fused-ring (bicyclic) bond motifs is 1. The van der Waals surface area contributed by atoms with Crippen molar-refractivity contribution in [3.05, 3.63) is 59.7 Å². The standard InChI is InChI=1S/C19H15N4O2P/c1-11-7-3-5-9-13(11)15-16(14-10-6-4-8-12(14)2)20-19-17(21-23-22-19)18(15)25-26-24/h3-10H,1-2H3,(H,20,21,22,23). The first kappa shape index (κ1) is 16.4. The lowest BCUT2D eigenvalue weighted by molar-refractivity contribution is 0.527. The van der Waals surface area contributed by atoms with Gasteiger partial charge < -0.3 is 4.52 Å². The first-order valence-corrected chi connectivity index (χ1v) is 8.80. The van der Waals surface area contributed by atoms with Crippen molar-refractivity contribution in [3.63, 3.8) is 0 Å². The molecule has 128 valence electrons. The molecule has 0 aliphatic rings. The number of hydrogen-bond acceptors (Lipinski definition) is 5. The molecule has 4 aromatic rings. The van der Waals surface area contributed by atoms with Crippen LogP contribution in [0.2, 0.25) is 0 Å². The van der Waals surface area contributed by atoms with Crippen LogP contribution in [0.3, 0.4) is 0 Å². The average Bonchev–Trinajstić information content (AvgIpc) is 3.11. The van der Waals surface area contributed by atoms with Gasteiger partial charge in [-0.25, -0.2) is 9.55 Å². The molecule has 0 amide bonds. The molecule has 2 aromatic heterocycles. The predicted octanol–water partition coefficient (Wildman–Crippen LogP) is 4.89. The number of H-pyrrole nitrogens is 1. The Morgan fingerprint density at radius 2 is 1.58 bits per heavy atom. The van der Waals surface area contributed by atoms with Crippen LogP contribution in [-0.2, 0) is 4.57 Å². The number of aromatic amines is 1. The topological polar surface area (TPSA) is 80.8 Å². The zero-order valence-electron chi connectivity index (χ0n) is 14.2. The van der Waals surface area contributed by atoms with Crippen molar-refractivity contribution in [1.82, 2.24) is 20.4 Å². The Hall–Kier alpha value is -3.11. The molecule has 0 saturated heterocycles. The van der Waals surface area contributed by atoms with Crippen LogP contribution in [0.15, 0.2) is 48.5 Å². The minimum Gasteiger partial charge on any atom is -0.404 e. The van der Waals surface area contributed by atoms with Gasteiger partial charge in [0.05, 0.1) is 11.3 Å². The predicted molar refractivity (Wildman–Crippen MR) is 100 cm³/mol. The molecule has 6 nitrogen and oxygen atoms in total. The molecule has 26 heavy (non-hydrogen) atoms. The number of rotatable bonds is 4. The summed E-state index contributed by atoms with van der Waals surface area (Å²) in [7, 11) is -0.461. The molecule has 2 heterocycles. The normalized spacial score (nSPS) is 11.2. The van der Waals surface area contributed by atoms with Crippen molar-refractivity contribution in [1.29, 1.82) is 0 Å². The first-order chi connectivity index (χ1) is 12.7. The third kappa shape index (κ3) is 2.65. The van der Waals surface area contributed by atoms with Crippen LogP contribution in [0.5, 0.6) is 5.75 Å². The van der Waals surface area contributed by atoms with Gasteiger partial charge in [0.15, 0.2) is 11.3 Å². The Kier molecular flexibility index (Phi) is 4.19. The van der Waals surface area contributed by atoms with Crippen LogP contribution in [0.1, 0.15) is 11.1 Å². The maximum atomic E-state index is 11.3.